The van der Waals surface area contributed by atoms with Gasteiger partial charge in [0.25, 0.3) is 5.91 Å². The van der Waals surface area contributed by atoms with Crippen molar-refractivity contribution in [3.63, 3.8) is 0 Å². The van der Waals surface area contributed by atoms with E-state index in [1.807, 2.05) is 49.3 Å². The number of amides is 1. The van der Waals surface area contributed by atoms with Gasteiger partial charge in [0.15, 0.2) is 0 Å². The highest BCUT2D eigenvalue weighted by atomic mass is 79.9. The Hall–Kier alpha value is -1.88. The van der Waals surface area contributed by atoms with Crippen LogP contribution in [-0.4, -0.2) is 25.0 Å². The van der Waals surface area contributed by atoms with Crippen LogP contribution in [0.3, 0.4) is 0 Å². The summed E-state index contributed by atoms with van der Waals surface area (Å²) in [6.45, 7) is 0. The smallest absolute Gasteiger partial charge is 0.256 e. The van der Waals surface area contributed by atoms with Gasteiger partial charge in [-0.2, -0.15) is 0 Å². The molecule has 0 atom stereocenters. The monoisotopic (exact) mass is 319 g/mol. The number of aromatic nitrogens is 1. The summed E-state index contributed by atoms with van der Waals surface area (Å²) in [5.74, 6) is 0.686. The molecule has 0 spiro atoms. The number of anilines is 2. The van der Waals surface area contributed by atoms with Crippen LogP contribution in [0.4, 0.5) is 11.5 Å². The number of carbonyl (C=O) groups is 1. The third-order valence-electron chi connectivity index (χ3n) is 2.58. The molecule has 1 aromatic heterocycles. The summed E-state index contributed by atoms with van der Waals surface area (Å²) >= 11 is 3.36. The van der Waals surface area contributed by atoms with E-state index in [4.69, 9.17) is 0 Å². The van der Waals surface area contributed by atoms with Gasteiger partial charge in [-0.3, -0.25) is 4.79 Å². The second-order valence-corrected chi connectivity index (χ2v) is 5.09. The van der Waals surface area contributed by atoms with E-state index in [9.17, 15) is 4.79 Å². The van der Waals surface area contributed by atoms with Gasteiger partial charge >= 0.3 is 0 Å². The summed E-state index contributed by atoms with van der Waals surface area (Å²) in [5, 5.41) is 2.82. The van der Waals surface area contributed by atoms with Crippen molar-refractivity contribution in [2.45, 2.75) is 0 Å². The van der Waals surface area contributed by atoms with Crippen LogP contribution >= 0.6 is 15.9 Å². The Labute approximate surface area is 120 Å². The van der Waals surface area contributed by atoms with Gasteiger partial charge in [-0.25, -0.2) is 4.98 Å². The number of nitrogens with zero attached hydrogens (tertiary/aromatic N) is 2. The van der Waals surface area contributed by atoms with Crippen LogP contribution in [0.25, 0.3) is 0 Å². The highest BCUT2D eigenvalue weighted by molar-refractivity contribution is 9.10. The van der Waals surface area contributed by atoms with Crippen molar-refractivity contribution in [2.75, 3.05) is 24.3 Å². The Morgan fingerprint density at radius 1 is 1.21 bits per heavy atom. The van der Waals surface area contributed by atoms with Gasteiger partial charge in [-0.15, -0.1) is 0 Å². The van der Waals surface area contributed by atoms with Crippen LogP contribution in [-0.2, 0) is 0 Å². The lowest BCUT2D eigenvalue weighted by molar-refractivity contribution is 0.102. The number of hydrogen-bond donors (Lipinski definition) is 1. The van der Waals surface area contributed by atoms with Gasteiger partial charge in [0.05, 0.1) is 17.4 Å². The highest BCUT2D eigenvalue weighted by Crippen LogP contribution is 2.18. The minimum atomic E-state index is -0.160. The zero-order valence-corrected chi connectivity index (χ0v) is 12.3. The minimum Gasteiger partial charge on any atom is -0.363 e. The fraction of sp³-hybridized carbons (Fsp3) is 0.143. The minimum absolute atomic E-state index is 0.160. The number of carbonyl (C=O) groups excluding carboxylic acids is 1. The molecule has 0 radical (unpaired) electrons. The van der Waals surface area contributed by atoms with Crippen LogP contribution in [0, 0.1) is 0 Å². The zero-order chi connectivity index (χ0) is 13.8. The molecule has 2 rings (SSSR count). The molecule has 1 heterocycles. The van der Waals surface area contributed by atoms with E-state index in [0.717, 1.165) is 10.3 Å². The van der Waals surface area contributed by atoms with Crippen LogP contribution in [0.1, 0.15) is 10.4 Å². The van der Waals surface area contributed by atoms with Crippen LogP contribution < -0.4 is 10.2 Å². The third kappa shape index (κ3) is 3.32. The summed E-state index contributed by atoms with van der Waals surface area (Å²) in [6, 6.07) is 11.0. The molecular weight excluding hydrogens is 306 g/mol. The summed E-state index contributed by atoms with van der Waals surface area (Å²) in [4.78, 5) is 18.2. The fourth-order valence-electron chi connectivity index (χ4n) is 1.57. The van der Waals surface area contributed by atoms with Crippen molar-refractivity contribution in [1.29, 1.82) is 0 Å². The van der Waals surface area contributed by atoms with E-state index < -0.39 is 0 Å². The first-order valence-electron chi connectivity index (χ1n) is 5.77. The zero-order valence-electron chi connectivity index (χ0n) is 10.7. The summed E-state index contributed by atoms with van der Waals surface area (Å²) < 4.78 is 0.769. The first kappa shape index (κ1) is 13.5. The summed E-state index contributed by atoms with van der Waals surface area (Å²) in [6.07, 6.45) is 1.64. The molecule has 2 aromatic rings. The van der Waals surface area contributed by atoms with E-state index in [-0.39, 0.29) is 5.91 Å². The van der Waals surface area contributed by atoms with Gasteiger partial charge in [0.1, 0.15) is 5.82 Å². The van der Waals surface area contributed by atoms with Crippen molar-refractivity contribution in [2.24, 2.45) is 0 Å². The normalized spacial score (nSPS) is 10.1. The van der Waals surface area contributed by atoms with E-state index in [1.54, 1.807) is 12.3 Å². The Bertz CT molecular complexity index is 581. The molecule has 1 N–H and O–H groups in total. The number of halogens is 1. The third-order valence-corrected chi connectivity index (χ3v) is 3.27. The van der Waals surface area contributed by atoms with E-state index in [1.165, 1.54) is 0 Å². The molecule has 1 amide bonds. The molecule has 1 aromatic carbocycles. The molecule has 0 saturated carbocycles. The largest absolute Gasteiger partial charge is 0.363 e. The van der Waals surface area contributed by atoms with Crippen molar-refractivity contribution in [1.82, 2.24) is 4.98 Å². The van der Waals surface area contributed by atoms with Crippen LogP contribution in [0.2, 0.25) is 0 Å². The molecule has 0 aliphatic carbocycles. The topological polar surface area (TPSA) is 45.2 Å². The van der Waals surface area contributed by atoms with Gasteiger partial charge < -0.3 is 10.2 Å². The maximum absolute atomic E-state index is 12.1. The standard InChI is InChI=1S/C14H14BrN3O/c1-18(2)13-8-7-10(9-16-13)17-14(19)11-5-3-4-6-12(11)15/h3-9H,1-2H3,(H,17,19). The number of benzene rings is 1. The number of rotatable bonds is 3. The first-order chi connectivity index (χ1) is 9.08. The quantitative estimate of drug-likeness (QED) is 0.945. The highest BCUT2D eigenvalue weighted by Gasteiger charge is 2.09. The van der Waals surface area contributed by atoms with Crippen LogP contribution in [0.5, 0.6) is 0 Å². The molecule has 0 aliphatic heterocycles. The molecule has 0 aliphatic rings. The Morgan fingerprint density at radius 3 is 2.53 bits per heavy atom. The van der Waals surface area contributed by atoms with Crippen molar-refractivity contribution >= 4 is 33.3 Å². The Morgan fingerprint density at radius 2 is 1.95 bits per heavy atom. The molecule has 19 heavy (non-hydrogen) atoms. The first-order valence-corrected chi connectivity index (χ1v) is 6.56. The van der Waals surface area contributed by atoms with Crippen molar-refractivity contribution in [3.05, 3.63) is 52.6 Å². The lowest BCUT2D eigenvalue weighted by atomic mass is 10.2. The Kier molecular flexibility index (Phi) is 4.16. The lowest BCUT2D eigenvalue weighted by Crippen LogP contribution is -2.14. The number of nitrogens with one attached hydrogen (secondary N) is 1. The van der Waals surface area contributed by atoms with Gasteiger partial charge in [0.2, 0.25) is 0 Å². The average molecular weight is 320 g/mol. The second-order valence-electron chi connectivity index (χ2n) is 4.23. The Balaban J connectivity index is 2.13. The molecule has 0 unspecified atom stereocenters. The fourth-order valence-corrected chi connectivity index (χ4v) is 2.03. The molecule has 98 valence electrons. The molecule has 0 fully saturated rings. The molecule has 5 heteroatoms. The van der Waals surface area contributed by atoms with E-state index >= 15 is 0 Å². The van der Waals surface area contributed by atoms with Crippen molar-refractivity contribution < 1.29 is 4.79 Å². The number of pyridine rings is 1. The van der Waals surface area contributed by atoms with E-state index in [0.29, 0.717) is 11.3 Å². The molecule has 0 saturated heterocycles. The summed E-state index contributed by atoms with van der Waals surface area (Å²) in [7, 11) is 3.84. The van der Waals surface area contributed by atoms with Gasteiger partial charge in [0, 0.05) is 18.6 Å². The predicted molar refractivity (Wildman–Crippen MR) is 80.7 cm³/mol. The maximum atomic E-state index is 12.1. The second kappa shape index (κ2) is 5.84. The molecule has 0 bridgehead atoms. The maximum Gasteiger partial charge on any atom is 0.256 e. The predicted octanol–water partition coefficient (Wildman–Crippen LogP) is 3.16. The van der Waals surface area contributed by atoms with Gasteiger partial charge in [-0.05, 0) is 40.2 Å². The lowest BCUT2D eigenvalue weighted by Gasteiger charge is -2.12. The van der Waals surface area contributed by atoms with E-state index in [2.05, 4.69) is 26.2 Å². The molecule has 4 nitrogen and oxygen atoms in total. The SMILES string of the molecule is CN(C)c1ccc(NC(=O)c2ccccc2Br)cn1. The number of hydrogen-bond acceptors (Lipinski definition) is 3. The molecular formula is C14H14BrN3O. The van der Waals surface area contributed by atoms with Crippen LogP contribution in [0.15, 0.2) is 47.1 Å². The summed E-state index contributed by atoms with van der Waals surface area (Å²) in [5.41, 5.74) is 1.27. The average Bonchev–Trinajstić information content (AvgIpc) is 2.39. The van der Waals surface area contributed by atoms with Gasteiger partial charge in [-0.1, -0.05) is 12.1 Å². The van der Waals surface area contributed by atoms with Crippen molar-refractivity contribution in [3.8, 4) is 0 Å².